The number of sulfone groups is 1. The zero-order valence-corrected chi connectivity index (χ0v) is 12.6. The average Bonchev–Trinajstić information content (AvgIpc) is 2.36. The molecular weight excluding hydrogens is 296 g/mol. The highest BCUT2D eigenvalue weighted by molar-refractivity contribution is 7.91. The molecule has 114 valence electrons. The lowest BCUT2D eigenvalue weighted by molar-refractivity contribution is 0.0683. The van der Waals surface area contributed by atoms with Gasteiger partial charge in [0, 0.05) is 12.6 Å². The van der Waals surface area contributed by atoms with E-state index >= 15 is 0 Å². The first-order valence-electron chi connectivity index (χ1n) is 6.43. The first-order chi connectivity index (χ1) is 9.71. The van der Waals surface area contributed by atoms with Crippen molar-refractivity contribution in [2.24, 2.45) is 0 Å². The van der Waals surface area contributed by atoms with Gasteiger partial charge in [0.05, 0.1) is 22.8 Å². The van der Waals surface area contributed by atoms with Gasteiger partial charge < -0.3 is 10.0 Å². The first-order valence-corrected chi connectivity index (χ1v) is 8.26. The zero-order valence-electron chi connectivity index (χ0n) is 11.7. The van der Waals surface area contributed by atoms with Crippen LogP contribution in [0.3, 0.4) is 0 Å². The van der Waals surface area contributed by atoms with E-state index in [-0.39, 0.29) is 40.9 Å². The molecule has 2 heterocycles. The van der Waals surface area contributed by atoms with E-state index in [2.05, 4.69) is 4.98 Å². The number of aromatic nitrogens is 1. The van der Waals surface area contributed by atoms with Crippen molar-refractivity contribution in [3.05, 3.63) is 29.1 Å². The Bertz CT molecular complexity index is 699. The van der Waals surface area contributed by atoms with Gasteiger partial charge in [-0.05, 0) is 26.0 Å². The molecule has 1 fully saturated rings. The van der Waals surface area contributed by atoms with Crippen molar-refractivity contribution in [2.45, 2.75) is 19.9 Å². The third kappa shape index (κ3) is 3.21. The molecule has 2 rings (SSSR count). The second kappa shape index (κ2) is 5.44. The molecule has 1 aliphatic heterocycles. The number of hydrogen-bond donors (Lipinski definition) is 1. The molecule has 0 aliphatic carbocycles. The monoisotopic (exact) mass is 312 g/mol. The lowest BCUT2D eigenvalue weighted by atomic mass is 10.1. The Hall–Kier alpha value is -1.96. The van der Waals surface area contributed by atoms with Crippen LogP contribution in [0.5, 0.6) is 0 Å². The molecule has 1 N–H and O–H groups in total. The molecule has 1 saturated heterocycles. The number of rotatable bonds is 2. The Balaban J connectivity index is 2.25. The Morgan fingerprint density at radius 2 is 2.05 bits per heavy atom. The van der Waals surface area contributed by atoms with E-state index in [0.717, 1.165) is 0 Å². The highest BCUT2D eigenvalue weighted by Crippen LogP contribution is 2.16. The van der Waals surface area contributed by atoms with Gasteiger partial charge in [-0.3, -0.25) is 4.79 Å². The van der Waals surface area contributed by atoms with Crippen molar-refractivity contribution in [2.75, 3.05) is 18.1 Å². The Morgan fingerprint density at radius 3 is 2.57 bits per heavy atom. The summed E-state index contributed by atoms with van der Waals surface area (Å²) >= 11 is 0. The van der Waals surface area contributed by atoms with Crippen molar-refractivity contribution >= 4 is 21.7 Å². The van der Waals surface area contributed by atoms with Gasteiger partial charge in [0.1, 0.15) is 5.69 Å². The minimum Gasteiger partial charge on any atom is -0.478 e. The Labute approximate surface area is 122 Å². The predicted octanol–water partition coefficient (Wildman–Crippen LogP) is 0.347. The summed E-state index contributed by atoms with van der Waals surface area (Å²) in [6.07, 6.45) is 0. The number of carbonyl (C=O) groups excluding carboxylic acids is 1. The quantitative estimate of drug-likeness (QED) is 0.844. The van der Waals surface area contributed by atoms with Crippen molar-refractivity contribution < 1.29 is 23.1 Å². The number of aryl methyl sites for hydroxylation is 1. The number of carbonyl (C=O) groups is 2. The lowest BCUT2D eigenvalue weighted by Crippen LogP contribution is -2.50. The minimum atomic E-state index is -3.10. The number of aromatic carboxylic acids is 1. The summed E-state index contributed by atoms with van der Waals surface area (Å²) in [6, 6.07) is 2.27. The molecule has 1 atom stereocenters. The molecule has 0 radical (unpaired) electrons. The minimum absolute atomic E-state index is 0.0424. The third-order valence-corrected chi connectivity index (χ3v) is 5.26. The van der Waals surface area contributed by atoms with Gasteiger partial charge in [0.2, 0.25) is 0 Å². The summed E-state index contributed by atoms with van der Waals surface area (Å²) in [4.78, 5) is 28.8. The molecule has 0 aromatic carbocycles. The highest BCUT2D eigenvalue weighted by Gasteiger charge is 2.32. The molecule has 7 nitrogen and oxygen atoms in total. The summed E-state index contributed by atoms with van der Waals surface area (Å²) in [5.74, 6) is -1.60. The van der Waals surface area contributed by atoms with Crippen LogP contribution in [-0.2, 0) is 9.84 Å². The molecule has 21 heavy (non-hydrogen) atoms. The maximum absolute atomic E-state index is 12.4. The fourth-order valence-electron chi connectivity index (χ4n) is 2.35. The number of carboxylic acids is 1. The lowest BCUT2D eigenvalue weighted by Gasteiger charge is -2.32. The van der Waals surface area contributed by atoms with E-state index in [1.54, 1.807) is 6.92 Å². The van der Waals surface area contributed by atoms with Gasteiger partial charge in [0.15, 0.2) is 9.84 Å². The largest absolute Gasteiger partial charge is 0.478 e. The van der Waals surface area contributed by atoms with E-state index in [4.69, 9.17) is 5.11 Å². The zero-order chi connectivity index (χ0) is 15.8. The van der Waals surface area contributed by atoms with Crippen LogP contribution in [0.4, 0.5) is 0 Å². The number of amides is 1. The molecule has 0 saturated carbocycles. The molecular formula is C13H16N2O5S. The second-order valence-corrected chi connectivity index (χ2v) is 7.33. The molecule has 0 spiro atoms. The van der Waals surface area contributed by atoms with E-state index in [1.165, 1.54) is 24.0 Å². The SMILES string of the molecule is Cc1nc(C(=O)N2CCS(=O)(=O)CC2C)ccc1C(=O)O. The number of pyridine rings is 1. The fraction of sp³-hybridized carbons (Fsp3) is 0.462. The van der Waals surface area contributed by atoms with E-state index < -0.39 is 21.8 Å². The molecule has 1 amide bonds. The van der Waals surface area contributed by atoms with Crippen LogP contribution >= 0.6 is 0 Å². The number of hydrogen-bond acceptors (Lipinski definition) is 5. The van der Waals surface area contributed by atoms with Crippen LogP contribution in [0.15, 0.2) is 12.1 Å². The predicted molar refractivity (Wildman–Crippen MR) is 75.1 cm³/mol. The normalized spacial score (nSPS) is 21.0. The van der Waals surface area contributed by atoms with Gasteiger partial charge in [-0.25, -0.2) is 18.2 Å². The van der Waals surface area contributed by atoms with Crippen molar-refractivity contribution in [1.82, 2.24) is 9.88 Å². The van der Waals surface area contributed by atoms with E-state index in [9.17, 15) is 18.0 Å². The topological polar surface area (TPSA) is 105 Å². The van der Waals surface area contributed by atoms with Crippen molar-refractivity contribution in [3.63, 3.8) is 0 Å². The first kappa shape index (κ1) is 15.4. The van der Waals surface area contributed by atoms with E-state index in [1.807, 2.05) is 0 Å². The molecule has 1 aliphatic rings. The van der Waals surface area contributed by atoms with Crippen LogP contribution in [-0.4, -0.2) is 59.4 Å². The molecule has 1 unspecified atom stereocenters. The molecule has 1 aromatic rings. The van der Waals surface area contributed by atoms with Gasteiger partial charge in [-0.2, -0.15) is 0 Å². The fourth-order valence-corrected chi connectivity index (χ4v) is 3.91. The maximum Gasteiger partial charge on any atom is 0.337 e. The number of carboxylic acid groups (broad SMARTS) is 1. The standard InChI is InChI=1S/C13H16N2O5S/c1-8-7-21(19,20)6-5-15(8)12(16)11-4-3-10(13(17)18)9(2)14-11/h3-4,8H,5-7H2,1-2H3,(H,17,18). The van der Waals surface area contributed by atoms with Gasteiger partial charge in [-0.1, -0.05) is 0 Å². The maximum atomic E-state index is 12.4. The van der Waals surface area contributed by atoms with E-state index in [0.29, 0.717) is 0 Å². The van der Waals surface area contributed by atoms with Gasteiger partial charge >= 0.3 is 5.97 Å². The van der Waals surface area contributed by atoms with Crippen molar-refractivity contribution in [3.8, 4) is 0 Å². The average molecular weight is 312 g/mol. The Kier molecular flexibility index (Phi) is 3.99. The smallest absolute Gasteiger partial charge is 0.337 e. The molecule has 0 bridgehead atoms. The van der Waals surface area contributed by atoms with Crippen molar-refractivity contribution in [1.29, 1.82) is 0 Å². The number of nitrogens with zero attached hydrogens (tertiary/aromatic N) is 2. The van der Waals surface area contributed by atoms with Crippen LogP contribution < -0.4 is 0 Å². The molecule has 1 aromatic heterocycles. The second-order valence-electron chi connectivity index (χ2n) is 5.10. The van der Waals surface area contributed by atoms with Gasteiger partial charge in [-0.15, -0.1) is 0 Å². The summed E-state index contributed by atoms with van der Waals surface area (Å²) in [6.45, 7) is 3.32. The summed E-state index contributed by atoms with van der Waals surface area (Å²) in [5.41, 5.74) is 0.426. The summed E-state index contributed by atoms with van der Waals surface area (Å²) in [7, 11) is -3.10. The summed E-state index contributed by atoms with van der Waals surface area (Å²) < 4.78 is 23.0. The third-order valence-electron chi connectivity index (χ3n) is 3.47. The Morgan fingerprint density at radius 1 is 1.38 bits per heavy atom. The van der Waals surface area contributed by atoms with Crippen LogP contribution in [0.25, 0.3) is 0 Å². The van der Waals surface area contributed by atoms with Crippen LogP contribution in [0.2, 0.25) is 0 Å². The van der Waals surface area contributed by atoms with Gasteiger partial charge in [0.25, 0.3) is 5.91 Å². The van der Waals surface area contributed by atoms with Crippen LogP contribution in [0.1, 0.15) is 33.5 Å². The van der Waals surface area contributed by atoms with Crippen LogP contribution in [0, 0.1) is 6.92 Å². The summed E-state index contributed by atoms with van der Waals surface area (Å²) in [5, 5.41) is 8.94. The highest BCUT2D eigenvalue weighted by atomic mass is 32.2. The molecule has 8 heteroatoms.